The number of nitrogens with zero attached hydrogens (tertiary/aromatic N) is 1. The van der Waals surface area contributed by atoms with Crippen LogP contribution in [-0.4, -0.2) is 28.3 Å². The third-order valence-electron chi connectivity index (χ3n) is 1.21. The van der Waals surface area contributed by atoms with Crippen molar-refractivity contribution in [3.05, 3.63) is 0 Å². The first kappa shape index (κ1) is 10.6. The molecule has 0 aliphatic rings. The van der Waals surface area contributed by atoms with Crippen molar-refractivity contribution >= 4 is 10.8 Å². The Kier molecular flexibility index (Phi) is 5.08. The first-order valence-electron chi connectivity index (χ1n) is 3.52. The summed E-state index contributed by atoms with van der Waals surface area (Å²) in [5.74, 6) is 0.603. The molecule has 0 aromatic carbocycles. The molecule has 0 aromatic heterocycles. The lowest BCUT2D eigenvalue weighted by Gasteiger charge is -2.12. The van der Waals surface area contributed by atoms with E-state index >= 15 is 0 Å². The van der Waals surface area contributed by atoms with Gasteiger partial charge in [0.25, 0.3) is 0 Å². The summed E-state index contributed by atoms with van der Waals surface area (Å²) in [4.78, 5) is 0. The van der Waals surface area contributed by atoms with Crippen molar-refractivity contribution in [1.29, 1.82) is 5.26 Å². The smallest absolute Gasteiger partial charge is 0.0926 e. The Morgan fingerprint density at radius 3 is 2.55 bits per heavy atom. The highest BCUT2D eigenvalue weighted by atomic mass is 32.2. The molecule has 3 atom stereocenters. The summed E-state index contributed by atoms with van der Waals surface area (Å²) < 4.78 is 10.7. The van der Waals surface area contributed by atoms with E-state index in [0.29, 0.717) is 5.75 Å². The van der Waals surface area contributed by atoms with Crippen LogP contribution in [0.5, 0.6) is 0 Å². The molecule has 64 valence electrons. The van der Waals surface area contributed by atoms with Crippen LogP contribution in [-0.2, 0) is 10.8 Å². The van der Waals surface area contributed by atoms with Crippen molar-refractivity contribution in [1.82, 2.24) is 5.32 Å². The molecule has 3 nitrogen and oxygen atoms in total. The maximum absolute atomic E-state index is 10.7. The van der Waals surface area contributed by atoms with E-state index in [4.69, 9.17) is 5.26 Å². The van der Waals surface area contributed by atoms with Crippen LogP contribution in [0.25, 0.3) is 0 Å². The highest BCUT2D eigenvalue weighted by Gasteiger charge is 2.06. The summed E-state index contributed by atoms with van der Waals surface area (Å²) >= 11 is 0. The van der Waals surface area contributed by atoms with E-state index < -0.39 is 10.8 Å². The average molecular weight is 174 g/mol. The standard InChI is InChI=1S/C7H14N2OS/c1-6(4-8)9-7(2)5-11(3)10/h6-7,9H,5H2,1-3H3. The van der Waals surface area contributed by atoms with Crippen molar-refractivity contribution in [2.45, 2.75) is 25.9 Å². The van der Waals surface area contributed by atoms with Crippen molar-refractivity contribution in [2.24, 2.45) is 0 Å². The Balaban J connectivity index is 3.62. The molecule has 11 heavy (non-hydrogen) atoms. The van der Waals surface area contributed by atoms with Crippen LogP contribution in [0.15, 0.2) is 0 Å². The predicted molar refractivity (Wildman–Crippen MR) is 46.6 cm³/mol. The van der Waals surface area contributed by atoms with Gasteiger partial charge in [-0.3, -0.25) is 9.53 Å². The lowest BCUT2D eigenvalue weighted by molar-refractivity contribution is 0.556. The molecule has 0 spiro atoms. The van der Waals surface area contributed by atoms with Gasteiger partial charge in [-0.1, -0.05) is 0 Å². The summed E-state index contributed by atoms with van der Waals surface area (Å²) in [5.41, 5.74) is 0. The van der Waals surface area contributed by atoms with E-state index in [1.807, 2.05) is 6.92 Å². The summed E-state index contributed by atoms with van der Waals surface area (Å²) in [7, 11) is -0.786. The van der Waals surface area contributed by atoms with E-state index in [2.05, 4.69) is 11.4 Å². The van der Waals surface area contributed by atoms with Crippen molar-refractivity contribution in [3.8, 4) is 6.07 Å². The number of nitrogens with one attached hydrogen (secondary N) is 1. The second kappa shape index (κ2) is 5.28. The lowest BCUT2D eigenvalue weighted by atomic mass is 10.3. The predicted octanol–water partition coefficient (Wildman–Crippen LogP) is 0.255. The van der Waals surface area contributed by atoms with E-state index in [-0.39, 0.29) is 12.1 Å². The molecule has 0 saturated heterocycles. The molecule has 4 heteroatoms. The Hall–Kier alpha value is -0.400. The summed E-state index contributed by atoms with van der Waals surface area (Å²) in [6.45, 7) is 3.71. The zero-order valence-corrected chi connectivity index (χ0v) is 7.94. The van der Waals surface area contributed by atoms with Crippen LogP contribution in [0.1, 0.15) is 13.8 Å². The molecule has 0 saturated carbocycles. The number of nitriles is 1. The molecule has 0 bridgehead atoms. The molecule has 0 aliphatic carbocycles. The largest absolute Gasteiger partial charge is 0.299 e. The van der Waals surface area contributed by atoms with Gasteiger partial charge in [0.05, 0.1) is 12.1 Å². The van der Waals surface area contributed by atoms with Gasteiger partial charge in [-0.05, 0) is 13.8 Å². The molecule has 0 fully saturated rings. The monoisotopic (exact) mass is 174 g/mol. The fraction of sp³-hybridized carbons (Fsp3) is 0.857. The van der Waals surface area contributed by atoms with Gasteiger partial charge in [-0.15, -0.1) is 0 Å². The van der Waals surface area contributed by atoms with Gasteiger partial charge < -0.3 is 0 Å². The minimum Gasteiger partial charge on any atom is -0.299 e. The number of rotatable bonds is 4. The highest BCUT2D eigenvalue weighted by molar-refractivity contribution is 7.84. The molecule has 0 aromatic rings. The van der Waals surface area contributed by atoms with Crippen LogP contribution in [0.4, 0.5) is 0 Å². The van der Waals surface area contributed by atoms with Gasteiger partial charge in [0.15, 0.2) is 0 Å². The van der Waals surface area contributed by atoms with Crippen molar-refractivity contribution in [3.63, 3.8) is 0 Å². The third-order valence-corrected chi connectivity index (χ3v) is 2.18. The molecule has 0 radical (unpaired) electrons. The fourth-order valence-corrected chi connectivity index (χ4v) is 1.66. The van der Waals surface area contributed by atoms with Crippen LogP contribution in [0.2, 0.25) is 0 Å². The quantitative estimate of drug-likeness (QED) is 0.665. The normalized spacial score (nSPS) is 18.4. The third kappa shape index (κ3) is 6.02. The van der Waals surface area contributed by atoms with Gasteiger partial charge in [0.2, 0.25) is 0 Å². The Morgan fingerprint density at radius 1 is 1.64 bits per heavy atom. The highest BCUT2D eigenvalue weighted by Crippen LogP contribution is 1.88. The summed E-state index contributed by atoms with van der Waals surface area (Å²) in [6.07, 6.45) is 1.66. The fourth-order valence-electron chi connectivity index (χ4n) is 0.864. The minimum atomic E-state index is -0.786. The number of hydrogen-bond acceptors (Lipinski definition) is 3. The molecule has 3 unspecified atom stereocenters. The van der Waals surface area contributed by atoms with E-state index in [9.17, 15) is 4.21 Å². The Morgan fingerprint density at radius 2 is 2.18 bits per heavy atom. The van der Waals surface area contributed by atoms with E-state index in [1.165, 1.54) is 0 Å². The zero-order chi connectivity index (χ0) is 8.85. The van der Waals surface area contributed by atoms with Gasteiger partial charge in [-0.25, -0.2) is 0 Å². The van der Waals surface area contributed by atoms with Crippen molar-refractivity contribution < 1.29 is 4.21 Å². The SMILES string of the molecule is CC(C#N)NC(C)CS(C)=O. The second-order valence-electron chi connectivity index (χ2n) is 2.66. The molecule has 1 N–H and O–H groups in total. The summed E-state index contributed by atoms with van der Waals surface area (Å²) in [6, 6.07) is 2.05. The van der Waals surface area contributed by atoms with Crippen molar-refractivity contribution in [2.75, 3.05) is 12.0 Å². The van der Waals surface area contributed by atoms with Crippen LogP contribution in [0.3, 0.4) is 0 Å². The summed E-state index contributed by atoms with van der Waals surface area (Å²) in [5, 5.41) is 11.4. The molecule has 0 amide bonds. The van der Waals surface area contributed by atoms with Gasteiger partial charge in [-0.2, -0.15) is 5.26 Å². The van der Waals surface area contributed by atoms with E-state index in [1.54, 1.807) is 13.2 Å². The van der Waals surface area contributed by atoms with Crippen LogP contribution in [0, 0.1) is 11.3 Å². The van der Waals surface area contributed by atoms with Gasteiger partial charge in [0, 0.05) is 28.9 Å². The molecule has 0 rings (SSSR count). The molecule has 0 aliphatic heterocycles. The Labute approximate surface area is 70.2 Å². The molecular weight excluding hydrogens is 160 g/mol. The van der Waals surface area contributed by atoms with Crippen LogP contribution < -0.4 is 5.32 Å². The molecule has 0 heterocycles. The first-order valence-corrected chi connectivity index (χ1v) is 5.24. The maximum Gasteiger partial charge on any atom is 0.0926 e. The second-order valence-corrected chi connectivity index (χ2v) is 4.14. The average Bonchev–Trinajstić information content (AvgIpc) is 1.85. The van der Waals surface area contributed by atoms with Crippen LogP contribution >= 0.6 is 0 Å². The minimum absolute atomic E-state index is 0.149. The zero-order valence-electron chi connectivity index (χ0n) is 7.13. The van der Waals surface area contributed by atoms with E-state index in [0.717, 1.165) is 0 Å². The van der Waals surface area contributed by atoms with Gasteiger partial charge in [0.1, 0.15) is 0 Å². The maximum atomic E-state index is 10.7. The first-order chi connectivity index (χ1) is 5.06. The molecular formula is C7H14N2OS. The Bertz CT molecular complexity index is 176. The number of hydrogen-bond donors (Lipinski definition) is 1. The van der Waals surface area contributed by atoms with Gasteiger partial charge >= 0.3 is 0 Å². The topological polar surface area (TPSA) is 52.9 Å². The lowest BCUT2D eigenvalue weighted by Crippen LogP contribution is -2.36.